The molecule has 0 aliphatic heterocycles. The van der Waals surface area contributed by atoms with E-state index in [0.717, 1.165) is 0 Å². The molecule has 4 atom stereocenters. The van der Waals surface area contributed by atoms with Crippen molar-refractivity contribution in [2.45, 2.75) is 49.9 Å². The summed E-state index contributed by atoms with van der Waals surface area (Å²) in [6, 6.07) is 0.792. The monoisotopic (exact) mass is 561 g/mol. The summed E-state index contributed by atoms with van der Waals surface area (Å²) >= 11 is 0. The van der Waals surface area contributed by atoms with Gasteiger partial charge in [-0.2, -0.15) is 0 Å². The van der Waals surface area contributed by atoms with Gasteiger partial charge < -0.3 is 53.5 Å². The molecular formula is C24H35N9O7. The molecule has 1 aromatic heterocycles. The highest BCUT2D eigenvalue weighted by Gasteiger charge is 2.30. The summed E-state index contributed by atoms with van der Waals surface area (Å²) in [7, 11) is 0. The number of imidazole rings is 1. The second kappa shape index (κ2) is 15.6. The average molecular weight is 562 g/mol. The first kappa shape index (κ1) is 31.5. The topological polar surface area (TPSA) is 284 Å². The fourth-order valence-electron chi connectivity index (χ4n) is 3.57. The number of carbonyl (C=O) groups is 4. The number of aliphatic hydroxyl groups is 1. The normalized spacial score (nSPS) is 13.8. The number of nitrogens with one attached hydrogen (secondary N) is 4. The number of nitrogens with two attached hydrogens (primary N) is 3. The number of aliphatic hydroxyl groups excluding tert-OH is 1. The van der Waals surface area contributed by atoms with Crippen LogP contribution in [0.2, 0.25) is 0 Å². The molecule has 16 nitrogen and oxygen atoms in total. The Morgan fingerprint density at radius 3 is 2.15 bits per heavy atom. The fraction of sp³-hybridized carbons (Fsp3) is 0.417. The van der Waals surface area contributed by atoms with Gasteiger partial charge in [-0.1, -0.05) is 12.1 Å². The lowest BCUT2D eigenvalue weighted by Crippen LogP contribution is -2.58. The van der Waals surface area contributed by atoms with Gasteiger partial charge in [0.2, 0.25) is 17.7 Å². The second-order valence-electron chi connectivity index (χ2n) is 8.91. The Hall–Kier alpha value is -4.70. The van der Waals surface area contributed by atoms with E-state index in [0.29, 0.717) is 11.3 Å². The summed E-state index contributed by atoms with van der Waals surface area (Å²) in [5.74, 6) is -3.82. The summed E-state index contributed by atoms with van der Waals surface area (Å²) in [5, 5.41) is 35.8. The van der Waals surface area contributed by atoms with Crippen molar-refractivity contribution >= 4 is 29.7 Å². The van der Waals surface area contributed by atoms with Crippen LogP contribution >= 0.6 is 0 Å². The van der Waals surface area contributed by atoms with Crippen molar-refractivity contribution < 1.29 is 34.5 Å². The molecule has 218 valence electrons. The number of hydrogen-bond donors (Lipinski definition) is 10. The molecule has 3 amide bonds. The molecule has 1 heterocycles. The van der Waals surface area contributed by atoms with Crippen LogP contribution in [0.4, 0.5) is 0 Å². The molecule has 0 aliphatic rings. The standard InChI is InChI=1S/C24H35N9O7/c25-16(11-34)20(36)32-18(8-13-3-5-15(35)6-4-13)22(38)31-17(2-1-7-29-24(26)27)21(37)33-19(23(39)40)9-14-10-28-12-30-14/h3-6,10,12,16-19,34-35H,1-2,7-9,11,25H2,(H,28,30)(H,31,38)(H,32,36)(H,33,37)(H,39,40)(H4,26,27,29). The van der Waals surface area contributed by atoms with Crippen molar-refractivity contribution in [3.63, 3.8) is 0 Å². The number of carbonyl (C=O) groups excluding carboxylic acids is 3. The molecule has 40 heavy (non-hydrogen) atoms. The fourth-order valence-corrected chi connectivity index (χ4v) is 3.57. The van der Waals surface area contributed by atoms with Crippen LogP contribution < -0.4 is 33.2 Å². The smallest absolute Gasteiger partial charge is 0.326 e. The highest BCUT2D eigenvalue weighted by Crippen LogP contribution is 2.12. The lowest BCUT2D eigenvalue weighted by Gasteiger charge is -2.25. The molecule has 0 saturated carbocycles. The third-order valence-corrected chi connectivity index (χ3v) is 5.71. The number of aliphatic carboxylic acids is 1. The van der Waals surface area contributed by atoms with E-state index >= 15 is 0 Å². The van der Waals surface area contributed by atoms with Crippen LogP contribution in [0.5, 0.6) is 5.75 Å². The number of aliphatic imine (C=N–C) groups is 1. The van der Waals surface area contributed by atoms with Gasteiger partial charge in [-0.05, 0) is 30.5 Å². The van der Waals surface area contributed by atoms with Crippen LogP contribution in [-0.4, -0.2) is 92.3 Å². The Morgan fingerprint density at radius 1 is 0.950 bits per heavy atom. The van der Waals surface area contributed by atoms with Crippen molar-refractivity contribution in [1.29, 1.82) is 0 Å². The van der Waals surface area contributed by atoms with Crippen molar-refractivity contribution in [2.24, 2.45) is 22.2 Å². The van der Waals surface area contributed by atoms with Crippen molar-refractivity contribution in [2.75, 3.05) is 13.2 Å². The van der Waals surface area contributed by atoms with Crippen LogP contribution in [0.1, 0.15) is 24.1 Å². The molecule has 0 fully saturated rings. The van der Waals surface area contributed by atoms with Gasteiger partial charge in [0, 0.05) is 31.3 Å². The predicted octanol–water partition coefficient (Wildman–Crippen LogP) is -3.19. The number of hydrogen-bond acceptors (Lipinski definition) is 9. The van der Waals surface area contributed by atoms with Gasteiger partial charge in [-0.15, -0.1) is 0 Å². The number of phenols is 1. The van der Waals surface area contributed by atoms with Gasteiger partial charge in [0.05, 0.1) is 12.9 Å². The first-order valence-corrected chi connectivity index (χ1v) is 12.3. The number of aromatic nitrogens is 2. The molecule has 2 aromatic rings. The Morgan fingerprint density at radius 2 is 1.57 bits per heavy atom. The molecule has 0 bridgehead atoms. The third kappa shape index (κ3) is 10.6. The van der Waals surface area contributed by atoms with E-state index < -0.39 is 54.5 Å². The summed E-state index contributed by atoms with van der Waals surface area (Å²) in [6.07, 6.45) is 2.93. The zero-order chi connectivity index (χ0) is 29.7. The van der Waals surface area contributed by atoms with Crippen LogP contribution in [0.15, 0.2) is 41.8 Å². The van der Waals surface area contributed by atoms with Crippen molar-refractivity contribution in [3.05, 3.63) is 48.0 Å². The number of carboxylic acids is 1. The van der Waals surface area contributed by atoms with Crippen molar-refractivity contribution in [1.82, 2.24) is 25.9 Å². The number of rotatable bonds is 16. The number of guanidine groups is 1. The molecule has 2 rings (SSSR count). The van der Waals surface area contributed by atoms with E-state index in [2.05, 4.69) is 30.9 Å². The zero-order valence-electron chi connectivity index (χ0n) is 21.6. The highest BCUT2D eigenvalue weighted by atomic mass is 16.4. The minimum Gasteiger partial charge on any atom is -0.508 e. The first-order chi connectivity index (χ1) is 19.0. The number of phenolic OH excluding ortho intramolecular Hbond substituents is 1. The number of H-pyrrole nitrogens is 1. The minimum atomic E-state index is -1.33. The molecule has 16 heteroatoms. The van der Waals surface area contributed by atoms with Gasteiger partial charge in [0.15, 0.2) is 5.96 Å². The first-order valence-electron chi connectivity index (χ1n) is 12.3. The van der Waals surface area contributed by atoms with E-state index in [-0.39, 0.29) is 43.9 Å². The Bertz CT molecular complexity index is 1150. The summed E-state index contributed by atoms with van der Waals surface area (Å²) < 4.78 is 0. The van der Waals surface area contributed by atoms with E-state index in [4.69, 9.17) is 17.2 Å². The van der Waals surface area contributed by atoms with E-state index in [1.54, 1.807) is 12.1 Å². The number of nitrogens with zero attached hydrogens (tertiary/aromatic N) is 2. The number of carboxylic acid groups (broad SMARTS) is 1. The molecule has 1 aromatic carbocycles. The number of aromatic amines is 1. The lowest BCUT2D eigenvalue weighted by molar-refractivity contribution is -0.142. The van der Waals surface area contributed by atoms with Crippen LogP contribution in [0, 0.1) is 0 Å². The molecule has 4 unspecified atom stereocenters. The van der Waals surface area contributed by atoms with Gasteiger partial charge in [-0.25, -0.2) is 9.78 Å². The van der Waals surface area contributed by atoms with Gasteiger partial charge in [-0.3, -0.25) is 19.4 Å². The molecule has 13 N–H and O–H groups in total. The molecule has 0 saturated heterocycles. The average Bonchev–Trinajstić information content (AvgIpc) is 3.43. The van der Waals surface area contributed by atoms with Gasteiger partial charge >= 0.3 is 5.97 Å². The van der Waals surface area contributed by atoms with Crippen LogP contribution in [0.25, 0.3) is 0 Å². The maximum Gasteiger partial charge on any atom is 0.326 e. The Kier molecular flexibility index (Phi) is 12.3. The summed E-state index contributed by atoms with van der Waals surface area (Å²) in [6.45, 7) is -0.528. The van der Waals surface area contributed by atoms with Gasteiger partial charge in [0.1, 0.15) is 29.9 Å². The Balaban J connectivity index is 2.24. The summed E-state index contributed by atoms with van der Waals surface area (Å²) in [5.41, 5.74) is 17.3. The van der Waals surface area contributed by atoms with E-state index in [9.17, 15) is 34.5 Å². The molecule has 0 aliphatic carbocycles. The molecule has 0 radical (unpaired) electrons. The number of benzene rings is 1. The SMILES string of the molecule is NC(N)=NCCCC(NC(=O)C(Cc1ccc(O)cc1)NC(=O)C(N)CO)C(=O)NC(Cc1cnc[nH]1)C(=O)O. The van der Waals surface area contributed by atoms with E-state index in [1.807, 2.05) is 0 Å². The second-order valence-corrected chi connectivity index (χ2v) is 8.91. The lowest BCUT2D eigenvalue weighted by atomic mass is 10.0. The quantitative estimate of drug-likeness (QED) is 0.0553. The summed E-state index contributed by atoms with van der Waals surface area (Å²) in [4.78, 5) is 61.2. The van der Waals surface area contributed by atoms with E-state index in [1.165, 1.54) is 24.7 Å². The molecule has 0 spiro atoms. The predicted molar refractivity (Wildman–Crippen MR) is 143 cm³/mol. The third-order valence-electron chi connectivity index (χ3n) is 5.71. The molecular weight excluding hydrogens is 526 g/mol. The maximum atomic E-state index is 13.3. The van der Waals surface area contributed by atoms with Crippen LogP contribution in [-0.2, 0) is 32.0 Å². The maximum absolute atomic E-state index is 13.3. The van der Waals surface area contributed by atoms with Crippen LogP contribution in [0.3, 0.4) is 0 Å². The number of amides is 3. The number of aromatic hydroxyl groups is 1. The zero-order valence-corrected chi connectivity index (χ0v) is 21.6. The minimum absolute atomic E-state index is 0.00304. The van der Waals surface area contributed by atoms with Gasteiger partial charge in [0.25, 0.3) is 0 Å². The van der Waals surface area contributed by atoms with Crippen molar-refractivity contribution in [3.8, 4) is 5.75 Å². The highest BCUT2D eigenvalue weighted by molar-refractivity contribution is 5.94. The Labute approximate surface area is 229 Å². The largest absolute Gasteiger partial charge is 0.508 e.